The molecule has 112 valence electrons. The van der Waals surface area contributed by atoms with E-state index in [-0.39, 0.29) is 17.6 Å². The third-order valence-electron chi connectivity index (χ3n) is 3.24. The van der Waals surface area contributed by atoms with Crippen molar-refractivity contribution >= 4 is 0 Å². The van der Waals surface area contributed by atoms with Gasteiger partial charge in [-0.2, -0.15) is 0 Å². The van der Waals surface area contributed by atoms with Crippen LogP contribution in [-0.2, 0) is 6.54 Å². The Labute approximate surface area is 123 Å². The molecule has 0 bridgehead atoms. The van der Waals surface area contributed by atoms with E-state index in [1.54, 1.807) is 24.3 Å². The zero-order chi connectivity index (χ0) is 15.4. The summed E-state index contributed by atoms with van der Waals surface area (Å²) in [5.41, 5.74) is 1.80. The van der Waals surface area contributed by atoms with Crippen LogP contribution in [0.1, 0.15) is 19.4 Å². The highest BCUT2D eigenvalue weighted by molar-refractivity contribution is 5.69. The molecular formula is C17H19F2NO. The van der Waals surface area contributed by atoms with Crippen molar-refractivity contribution in [3.8, 4) is 16.9 Å². The summed E-state index contributed by atoms with van der Waals surface area (Å²) in [5, 5.41) is 3.23. The second-order valence-electron chi connectivity index (χ2n) is 5.16. The van der Waals surface area contributed by atoms with Crippen molar-refractivity contribution in [1.29, 1.82) is 0 Å². The van der Waals surface area contributed by atoms with Crippen LogP contribution in [0.3, 0.4) is 0 Å². The van der Waals surface area contributed by atoms with Gasteiger partial charge in [-0.15, -0.1) is 0 Å². The summed E-state index contributed by atoms with van der Waals surface area (Å²) < 4.78 is 32.9. The van der Waals surface area contributed by atoms with Gasteiger partial charge in [-0.05, 0) is 29.3 Å². The highest BCUT2D eigenvalue weighted by Gasteiger charge is 2.14. The molecule has 0 radical (unpaired) electrons. The van der Waals surface area contributed by atoms with Gasteiger partial charge < -0.3 is 10.1 Å². The highest BCUT2D eigenvalue weighted by atomic mass is 19.1. The maximum absolute atomic E-state index is 14.4. The van der Waals surface area contributed by atoms with Gasteiger partial charge in [0.05, 0.1) is 7.11 Å². The van der Waals surface area contributed by atoms with Crippen LogP contribution in [0.2, 0.25) is 0 Å². The first-order valence-electron chi connectivity index (χ1n) is 6.87. The minimum Gasteiger partial charge on any atom is -0.494 e. The van der Waals surface area contributed by atoms with E-state index >= 15 is 0 Å². The highest BCUT2D eigenvalue weighted by Crippen LogP contribution is 2.31. The van der Waals surface area contributed by atoms with Crippen molar-refractivity contribution in [2.45, 2.75) is 26.4 Å². The van der Waals surface area contributed by atoms with E-state index in [0.717, 1.165) is 5.56 Å². The van der Waals surface area contributed by atoms with Crippen molar-refractivity contribution in [2.75, 3.05) is 7.11 Å². The minimum atomic E-state index is -0.433. The summed E-state index contributed by atoms with van der Waals surface area (Å²) in [5.74, 6) is -0.584. The van der Waals surface area contributed by atoms with E-state index in [9.17, 15) is 8.78 Å². The molecule has 0 heterocycles. The fourth-order valence-corrected chi connectivity index (χ4v) is 2.16. The second-order valence-corrected chi connectivity index (χ2v) is 5.16. The van der Waals surface area contributed by atoms with Gasteiger partial charge in [-0.1, -0.05) is 32.0 Å². The Balaban J connectivity index is 2.48. The summed E-state index contributed by atoms with van der Waals surface area (Å²) in [4.78, 5) is 0. The lowest BCUT2D eigenvalue weighted by atomic mass is 9.98. The van der Waals surface area contributed by atoms with E-state index in [2.05, 4.69) is 5.32 Å². The first kappa shape index (κ1) is 15.4. The largest absolute Gasteiger partial charge is 0.494 e. The van der Waals surface area contributed by atoms with Gasteiger partial charge in [0, 0.05) is 18.2 Å². The van der Waals surface area contributed by atoms with E-state index in [0.29, 0.717) is 17.7 Å². The molecule has 0 spiro atoms. The molecule has 2 aromatic rings. The van der Waals surface area contributed by atoms with Crippen molar-refractivity contribution in [3.05, 3.63) is 53.6 Å². The molecule has 0 amide bonds. The number of hydrogen-bond donors (Lipinski definition) is 1. The van der Waals surface area contributed by atoms with Crippen molar-refractivity contribution in [3.63, 3.8) is 0 Å². The van der Waals surface area contributed by atoms with Gasteiger partial charge >= 0.3 is 0 Å². The lowest BCUT2D eigenvalue weighted by Gasteiger charge is -2.14. The predicted octanol–water partition coefficient (Wildman–Crippen LogP) is 4.14. The average molecular weight is 291 g/mol. The smallest absolute Gasteiger partial charge is 0.172 e. The Morgan fingerprint density at radius 2 is 1.86 bits per heavy atom. The van der Waals surface area contributed by atoms with Crippen LogP contribution in [0, 0.1) is 11.6 Å². The van der Waals surface area contributed by atoms with Gasteiger partial charge in [-0.25, -0.2) is 8.78 Å². The quantitative estimate of drug-likeness (QED) is 0.894. The van der Waals surface area contributed by atoms with Crippen LogP contribution in [0.4, 0.5) is 8.78 Å². The number of benzene rings is 2. The third-order valence-corrected chi connectivity index (χ3v) is 3.24. The van der Waals surface area contributed by atoms with Crippen LogP contribution in [0.15, 0.2) is 36.4 Å². The molecule has 4 heteroatoms. The van der Waals surface area contributed by atoms with E-state index in [1.807, 2.05) is 13.8 Å². The van der Waals surface area contributed by atoms with Crippen LogP contribution >= 0.6 is 0 Å². The van der Waals surface area contributed by atoms with E-state index < -0.39 is 5.82 Å². The molecule has 1 N–H and O–H groups in total. The molecule has 2 aromatic carbocycles. The Hall–Kier alpha value is -1.94. The van der Waals surface area contributed by atoms with Crippen LogP contribution in [0.25, 0.3) is 11.1 Å². The van der Waals surface area contributed by atoms with Gasteiger partial charge in [0.25, 0.3) is 0 Å². The average Bonchev–Trinajstić information content (AvgIpc) is 2.46. The Morgan fingerprint density at radius 1 is 1.10 bits per heavy atom. The van der Waals surface area contributed by atoms with Crippen LogP contribution in [-0.4, -0.2) is 13.2 Å². The molecule has 0 aromatic heterocycles. The standard InChI is InChI=1S/C17H19F2NO/c1-11(2)20-10-12-9-13(18)7-8-14(12)15-5-4-6-16(21-3)17(15)19/h4-9,11,20H,10H2,1-3H3. The van der Waals surface area contributed by atoms with Crippen LogP contribution in [0.5, 0.6) is 5.75 Å². The molecule has 0 aliphatic rings. The van der Waals surface area contributed by atoms with Crippen molar-refractivity contribution in [2.24, 2.45) is 0 Å². The number of nitrogens with one attached hydrogen (secondary N) is 1. The van der Waals surface area contributed by atoms with E-state index in [4.69, 9.17) is 4.74 Å². The third kappa shape index (κ3) is 3.58. The molecule has 0 fully saturated rings. The van der Waals surface area contributed by atoms with E-state index in [1.165, 1.54) is 19.2 Å². The summed E-state index contributed by atoms with van der Waals surface area (Å²) in [6.45, 7) is 4.48. The van der Waals surface area contributed by atoms with Crippen LogP contribution < -0.4 is 10.1 Å². The molecule has 0 aliphatic carbocycles. The van der Waals surface area contributed by atoms with Gasteiger partial charge in [0.2, 0.25) is 0 Å². The maximum atomic E-state index is 14.4. The second kappa shape index (κ2) is 6.68. The zero-order valence-electron chi connectivity index (χ0n) is 12.4. The summed E-state index contributed by atoms with van der Waals surface area (Å²) in [7, 11) is 1.42. The number of rotatable bonds is 5. The number of halogens is 2. The fourth-order valence-electron chi connectivity index (χ4n) is 2.16. The fraction of sp³-hybridized carbons (Fsp3) is 0.294. The number of ether oxygens (including phenoxy) is 1. The molecule has 0 saturated heterocycles. The topological polar surface area (TPSA) is 21.3 Å². The van der Waals surface area contributed by atoms with Crippen molar-refractivity contribution in [1.82, 2.24) is 5.32 Å². The summed E-state index contributed by atoms with van der Waals surface area (Å²) in [6.07, 6.45) is 0. The zero-order valence-corrected chi connectivity index (χ0v) is 12.4. The Kier molecular flexibility index (Phi) is 4.91. The molecule has 0 atom stereocenters. The Bertz CT molecular complexity index is 626. The molecule has 0 unspecified atom stereocenters. The molecule has 0 saturated carbocycles. The molecule has 2 nitrogen and oxygen atoms in total. The molecule has 0 aliphatic heterocycles. The minimum absolute atomic E-state index is 0.180. The maximum Gasteiger partial charge on any atom is 0.172 e. The van der Waals surface area contributed by atoms with Gasteiger partial charge in [-0.3, -0.25) is 0 Å². The number of methoxy groups -OCH3 is 1. The molecule has 2 rings (SSSR count). The first-order chi connectivity index (χ1) is 10.0. The monoisotopic (exact) mass is 291 g/mol. The molecule has 21 heavy (non-hydrogen) atoms. The lowest BCUT2D eigenvalue weighted by Crippen LogP contribution is -2.22. The predicted molar refractivity (Wildman–Crippen MR) is 80.3 cm³/mol. The number of hydrogen-bond acceptors (Lipinski definition) is 2. The SMILES string of the molecule is COc1cccc(-c2ccc(F)cc2CNC(C)C)c1F. The van der Waals surface area contributed by atoms with Crippen molar-refractivity contribution < 1.29 is 13.5 Å². The lowest BCUT2D eigenvalue weighted by molar-refractivity contribution is 0.387. The van der Waals surface area contributed by atoms with Gasteiger partial charge in [0.1, 0.15) is 5.82 Å². The first-order valence-corrected chi connectivity index (χ1v) is 6.87. The Morgan fingerprint density at radius 3 is 2.52 bits per heavy atom. The summed E-state index contributed by atoms with van der Waals surface area (Å²) >= 11 is 0. The normalized spacial score (nSPS) is 11.0. The molecular weight excluding hydrogens is 272 g/mol. The van der Waals surface area contributed by atoms with Gasteiger partial charge in [0.15, 0.2) is 11.6 Å². The summed E-state index contributed by atoms with van der Waals surface area (Å²) in [6, 6.07) is 9.59.